The van der Waals surface area contributed by atoms with Gasteiger partial charge in [-0.2, -0.15) is 0 Å². The number of likely N-dealkylation sites (N-methyl/N-ethyl adjacent to an activating group) is 1. The van der Waals surface area contributed by atoms with Gasteiger partial charge in [0.05, 0.1) is 17.8 Å². The molecule has 2 atom stereocenters. The molecule has 3 rings (SSSR count). The molecule has 0 aliphatic rings. The standard InChI is InChI=1S/C25H26ClN3O2/c1-17-13-14-18(2)22(15-17)28-25(31)24(19-9-5-4-6-10-19)29(3)16-23(30)27-21-12-8-7-11-20(21)26/h4-15,24H,16H2,1-3H3,(H,27,30)(H,28,31)/p+1/t24-/m1/s1. The lowest BCUT2D eigenvalue weighted by molar-refractivity contribution is -0.893. The summed E-state index contributed by atoms with van der Waals surface area (Å²) in [7, 11) is 1.84. The van der Waals surface area contributed by atoms with E-state index in [0.29, 0.717) is 10.7 Å². The number of benzene rings is 3. The third-order valence-corrected chi connectivity index (χ3v) is 5.46. The number of nitrogens with one attached hydrogen (secondary N) is 3. The minimum atomic E-state index is -0.557. The fourth-order valence-corrected chi connectivity index (χ4v) is 3.68. The Bertz CT molecular complexity index is 1070. The van der Waals surface area contributed by atoms with Crippen LogP contribution in [0.15, 0.2) is 72.8 Å². The van der Waals surface area contributed by atoms with E-state index in [4.69, 9.17) is 11.6 Å². The Labute approximate surface area is 188 Å². The molecule has 0 aromatic heterocycles. The highest BCUT2D eigenvalue weighted by Gasteiger charge is 2.31. The third kappa shape index (κ3) is 5.94. The van der Waals surface area contributed by atoms with Crippen molar-refractivity contribution in [1.82, 2.24) is 0 Å². The predicted molar refractivity (Wildman–Crippen MR) is 126 cm³/mol. The Kier molecular flexibility index (Phi) is 7.45. The van der Waals surface area contributed by atoms with Gasteiger partial charge in [0.25, 0.3) is 11.8 Å². The smallest absolute Gasteiger partial charge is 0.287 e. The summed E-state index contributed by atoms with van der Waals surface area (Å²) < 4.78 is 0. The molecular formula is C25H27ClN3O2+. The summed E-state index contributed by atoms with van der Waals surface area (Å²) in [6.45, 7) is 4.05. The van der Waals surface area contributed by atoms with E-state index in [-0.39, 0.29) is 18.4 Å². The highest BCUT2D eigenvalue weighted by atomic mass is 35.5. The summed E-state index contributed by atoms with van der Waals surface area (Å²) in [6, 6.07) is 22.0. The van der Waals surface area contributed by atoms with Crippen molar-refractivity contribution in [2.24, 2.45) is 0 Å². The number of hydrogen-bond donors (Lipinski definition) is 3. The molecule has 0 aliphatic carbocycles. The maximum Gasteiger partial charge on any atom is 0.287 e. The molecule has 3 N–H and O–H groups in total. The summed E-state index contributed by atoms with van der Waals surface area (Å²) >= 11 is 6.15. The Hall–Kier alpha value is -3.15. The molecule has 6 heteroatoms. The molecule has 0 radical (unpaired) electrons. The highest BCUT2D eigenvalue weighted by Crippen LogP contribution is 2.21. The molecule has 0 heterocycles. The van der Waals surface area contributed by atoms with Gasteiger partial charge in [0.2, 0.25) is 0 Å². The number of halogens is 1. The number of para-hydroxylation sites is 1. The van der Waals surface area contributed by atoms with E-state index >= 15 is 0 Å². The molecule has 0 saturated heterocycles. The number of aryl methyl sites for hydroxylation is 2. The van der Waals surface area contributed by atoms with E-state index in [0.717, 1.165) is 27.3 Å². The predicted octanol–water partition coefficient (Wildman–Crippen LogP) is 3.79. The van der Waals surface area contributed by atoms with Crippen molar-refractivity contribution in [3.63, 3.8) is 0 Å². The van der Waals surface area contributed by atoms with Crippen LogP contribution in [0.4, 0.5) is 11.4 Å². The second kappa shape index (κ2) is 10.2. The topological polar surface area (TPSA) is 62.6 Å². The van der Waals surface area contributed by atoms with Gasteiger partial charge in [0, 0.05) is 11.3 Å². The molecule has 0 saturated carbocycles. The molecule has 0 aliphatic heterocycles. The van der Waals surface area contributed by atoms with Crippen molar-refractivity contribution in [2.75, 3.05) is 24.2 Å². The molecule has 2 amide bonds. The van der Waals surface area contributed by atoms with Gasteiger partial charge in [0.15, 0.2) is 12.6 Å². The van der Waals surface area contributed by atoms with Gasteiger partial charge in [0.1, 0.15) is 0 Å². The van der Waals surface area contributed by atoms with Crippen molar-refractivity contribution in [2.45, 2.75) is 19.9 Å². The molecule has 31 heavy (non-hydrogen) atoms. The van der Waals surface area contributed by atoms with Crippen molar-refractivity contribution in [3.05, 3.63) is 94.5 Å². The van der Waals surface area contributed by atoms with Gasteiger partial charge in [-0.25, -0.2) is 0 Å². The molecule has 3 aromatic rings. The summed E-state index contributed by atoms with van der Waals surface area (Å²) in [5.74, 6) is -0.381. The zero-order chi connectivity index (χ0) is 22.4. The normalized spacial score (nSPS) is 12.6. The Balaban J connectivity index is 1.80. The minimum absolute atomic E-state index is 0.102. The SMILES string of the molecule is Cc1ccc(C)c(NC(=O)[C@@H](c2ccccc2)[NH+](C)CC(=O)Nc2ccccc2Cl)c1. The number of quaternary nitrogens is 1. The molecule has 0 fully saturated rings. The van der Waals surface area contributed by atoms with Crippen LogP contribution in [0, 0.1) is 13.8 Å². The number of carbonyl (C=O) groups excluding carboxylic acids is 2. The van der Waals surface area contributed by atoms with Crippen molar-refractivity contribution < 1.29 is 14.5 Å². The van der Waals surface area contributed by atoms with Crippen LogP contribution in [0.25, 0.3) is 0 Å². The molecule has 5 nitrogen and oxygen atoms in total. The molecule has 3 aromatic carbocycles. The first kappa shape index (κ1) is 22.5. The van der Waals surface area contributed by atoms with Crippen LogP contribution in [0.1, 0.15) is 22.7 Å². The first-order valence-corrected chi connectivity index (χ1v) is 10.5. The first-order chi connectivity index (χ1) is 14.8. The second-order valence-corrected chi connectivity index (χ2v) is 8.11. The maximum atomic E-state index is 13.3. The lowest BCUT2D eigenvalue weighted by Gasteiger charge is -2.25. The van der Waals surface area contributed by atoms with Gasteiger partial charge < -0.3 is 15.5 Å². The second-order valence-electron chi connectivity index (χ2n) is 7.70. The Morgan fingerprint density at radius 3 is 2.29 bits per heavy atom. The van der Waals surface area contributed by atoms with Gasteiger partial charge >= 0.3 is 0 Å². The van der Waals surface area contributed by atoms with E-state index in [2.05, 4.69) is 10.6 Å². The minimum Gasteiger partial charge on any atom is -0.320 e. The number of rotatable bonds is 7. The molecule has 160 valence electrons. The van der Waals surface area contributed by atoms with E-state index in [9.17, 15) is 9.59 Å². The van der Waals surface area contributed by atoms with E-state index in [1.807, 2.05) is 75.5 Å². The number of hydrogen-bond acceptors (Lipinski definition) is 2. The monoisotopic (exact) mass is 436 g/mol. The van der Waals surface area contributed by atoms with Gasteiger partial charge in [-0.15, -0.1) is 0 Å². The summed E-state index contributed by atoms with van der Waals surface area (Å²) in [5.41, 5.74) is 4.22. The van der Waals surface area contributed by atoms with Crippen LogP contribution in [0.2, 0.25) is 5.02 Å². The molecule has 0 spiro atoms. The molecular weight excluding hydrogens is 410 g/mol. The average Bonchev–Trinajstić information content (AvgIpc) is 2.73. The maximum absolute atomic E-state index is 13.3. The first-order valence-electron chi connectivity index (χ1n) is 10.1. The van der Waals surface area contributed by atoms with Crippen LogP contribution < -0.4 is 15.5 Å². The van der Waals surface area contributed by atoms with Crippen LogP contribution in [0.3, 0.4) is 0 Å². The fourth-order valence-electron chi connectivity index (χ4n) is 3.49. The average molecular weight is 437 g/mol. The largest absolute Gasteiger partial charge is 0.320 e. The zero-order valence-electron chi connectivity index (χ0n) is 17.9. The van der Waals surface area contributed by atoms with Crippen LogP contribution >= 0.6 is 11.6 Å². The van der Waals surface area contributed by atoms with Crippen LogP contribution in [0.5, 0.6) is 0 Å². The number of anilines is 2. The quantitative estimate of drug-likeness (QED) is 0.527. The Morgan fingerprint density at radius 1 is 0.903 bits per heavy atom. The lowest BCUT2D eigenvalue weighted by atomic mass is 10.0. The van der Waals surface area contributed by atoms with Crippen molar-refractivity contribution >= 4 is 34.8 Å². The summed E-state index contributed by atoms with van der Waals surface area (Å²) in [4.78, 5) is 26.7. The van der Waals surface area contributed by atoms with E-state index in [1.54, 1.807) is 18.2 Å². The van der Waals surface area contributed by atoms with Crippen LogP contribution in [-0.4, -0.2) is 25.4 Å². The number of amides is 2. The van der Waals surface area contributed by atoms with Crippen LogP contribution in [-0.2, 0) is 9.59 Å². The molecule has 0 bridgehead atoms. The third-order valence-electron chi connectivity index (χ3n) is 5.13. The fraction of sp³-hybridized carbons (Fsp3) is 0.200. The van der Waals surface area contributed by atoms with Gasteiger partial charge in [-0.05, 0) is 43.2 Å². The van der Waals surface area contributed by atoms with Gasteiger partial charge in [-0.1, -0.05) is 66.2 Å². The van der Waals surface area contributed by atoms with E-state index in [1.165, 1.54) is 0 Å². The van der Waals surface area contributed by atoms with Gasteiger partial charge in [-0.3, -0.25) is 9.59 Å². The summed E-state index contributed by atoms with van der Waals surface area (Å²) in [6.07, 6.45) is 0. The molecule has 1 unspecified atom stereocenters. The van der Waals surface area contributed by atoms with Crippen molar-refractivity contribution in [3.8, 4) is 0 Å². The van der Waals surface area contributed by atoms with Crippen molar-refractivity contribution in [1.29, 1.82) is 0 Å². The lowest BCUT2D eigenvalue weighted by Crippen LogP contribution is -3.11. The highest BCUT2D eigenvalue weighted by molar-refractivity contribution is 6.33. The number of carbonyl (C=O) groups is 2. The summed E-state index contributed by atoms with van der Waals surface area (Å²) in [5, 5.41) is 6.35. The Morgan fingerprint density at radius 2 is 1.58 bits per heavy atom. The van der Waals surface area contributed by atoms with E-state index < -0.39 is 6.04 Å². The zero-order valence-corrected chi connectivity index (χ0v) is 18.7.